The summed E-state index contributed by atoms with van der Waals surface area (Å²) < 4.78 is 10.5. The molecule has 7 heteroatoms. The summed E-state index contributed by atoms with van der Waals surface area (Å²) in [4.78, 5) is 21.1. The highest BCUT2D eigenvalue weighted by atomic mass is 16.6. The smallest absolute Gasteiger partial charge is 0.283 e. The molecule has 0 bridgehead atoms. The molecule has 1 aromatic rings. The van der Waals surface area contributed by atoms with Crippen molar-refractivity contribution in [3.8, 4) is 11.5 Å². The molecule has 0 aliphatic rings. The molecule has 1 N–H and O–H groups in total. The minimum Gasteiger partial charge on any atom is -0.493 e. The van der Waals surface area contributed by atoms with E-state index in [2.05, 4.69) is 0 Å². The van der Waals surface area contributed by atoms with E-state index in [0.717, 1.165) is 6.42 Å². The lowest BCUT2D eigenvalue weighted by atomic mass is 10.1. The van der Waals surface area contributed by atoms with Crippen molar-refractivity contribution in [2.45, 2.75) is 19.3 Å². The molecule has 0 amide bonds. The monoisotopic (exact) mass is 283 g/mol. The second kappa shape index (κ2) is 8.11. The normalized spacial score (nSPS) is 10.1. The van der Waals surface area contributed by atoms with Gasteiger partial charge in [-0.1, -0.05) is 0 Å². The maximum Gasteiger partial charge on any atom is 0.283 e. The van der Waals surface area contributed by atoms with Crippen LogP contribution in [0, 0.1) is 10.1 Å². The molecule has 0 heterocycles. The first-order valence-corrected chi connectivity index (χ1v) is 6.19. The fraction of sp³-hybridized carbons (Fsp3) is 0.462. The van der Waals surface area contributed by atoms with E-state index in [0.29, 0.717) is 25.7 Å². The Balaban J connectivity index is 2.85. The van der Waals surface area contributed by atoms with Gasteiger partial charge in [0.1, 0.15) is 0 Å². The number of rotatable bonds is 9. The molecule has 1 aromatic carbocycles. The Morgan fingerprint density at radius 3 is 2.60 bits per heavy atom. The number of aliphatic hydroxyl groups excluding tert-OH is 1. The first-order chi connectivity index (χ1) is 9.63. The van der Waals surface area contributed by atoms with Crippen LogP contribution >= 0.6 is 0 Å². The molecule has 1 rings (SSSR count). The Morgan fingerprint density at radius 2 is 2.05 bits per heavy atom. The van der Waals surface area contributed by atoms with Crippen LogP contribution in [0.1, 0.15) is 29.6 Å². The third-order valence-electron chi connectivity index (χ3n) is 2.70. The van der Waals surface area contributed by atoms with Gasteiger partial charge in [0.15, 0.2) is 17.8 Å². The Hall–Kier alpha value is -2.15. The number of aldehydes is 1. The van der Waals surface area contributed by atoms with Crippen LogP contribution in [0.25, 0.3) is 0 Å². The van der Waals surface area contributed by atoms with Crippen molar-refractivity contribution in [3.63, 3.8) is 0 Å². The first-order valence-electron chi connectivity index (χ1n) is 6.19. The number of unbranched alkanes of at least 4 members (excludes halogenated alkanes) is 2. The minimum absolute atomic E-state index is 0.0560. The van der Waals surface area contributed by atoms with Gasteiger partial charge in [-0.3, -0.25) is 14.9 Å². The van der Waals surface area contributed by atoms with Crippen LogP contribution in [-0.4, -0.2) is 36.6 Å². The minimum atomic E-state index is -0.637. The average Bonchev–Trinajstić information content (AvgIpc) is 2.46. The summed E-state index contributed by atoms with van der Waals surface area (Å²) in [7, 11) is 1.40. The van der Waals surface area contributed by atoms with E-state index in [9.17, 15) is 14.9 Å². The van der Waals surface area contributed by atoms with E-state index in [1.54, 1.807) is 0 Å². The van der Waals surface area contributed by atoms with Crippen molar-refractivity contribution in [2.24, 2.45) is 0 Å². The van der Waals surface area contributed by atoms with Gasteiger partial charge in [0.05, 0.1) is 30.3 Å². The molecule has 0 aliphatic heterocycles. The van der Waals surface area contributed by atoms with E-state index in [1.165, 1.54) is 19.2 Å². The summed E-state index contributed by atoms with van der Waals surface area (Å²) in [5.41, 5.74) is -0.370. The van der Waals surface area contributed by atoms with E-state index in [-0.39, 0.29) is 29.4 Å². The molecule has 7 nitrogen and oxygen atoms in total. The third kappa shape index (κ3) is 4.20. The Kier molecular flexibility index (Phi) is 6.45. The second-order valence-corrected chi connectivity index (χ2v) is 4.07. The van der Waals surface area contributed by atoms with Crippen LogP contribution < -0.4 is 9.47 Å². The van der Waals surface area contributed by atoms with Crippen molar-refractivity contribution >= 4 is 12.0 Å². The van der Waals surface area contributed by atoms with Gasteiger partial charge < -0.3 is 14.6 Å². The molecule has 0 spiro atoms. The molecule has 0 radical (unpaired) electrons. The van der Waals surface area contributed by atoms with Gasteiger partial charge in [-0.15, -0.1) is 0 Å². The largest absolute Gasteiger partial charge is 0.493 e. The molecular formula is C13H17NO6. The molecule has 0 unspecified atom stereocenters. The van der Waals surface area contributed by atoms with Crippen LogP contribution in [-0.2, 0) is 0 Å². The lowest BCUT2D eigenvalue weighted by Gasteiger charge is -2.11. The Morgan fingerprint density at radius 1 is 1.30 bits per heavy atom. The predicted molar refractivity (Wildman–Crippen MR) is 71.5 cm³/mol. The zero-order chi connectivity index (χ0) is 15.0. The Bertz CT molecular complexity index is 474. The summed E-state index contributed by atoms with van der Waals surface area (Å²) in [6, 6.07) is 2.47. The summed E-state index contributed by atoms with van der Waals surface area (Å²) in [5, 5.41) is 19.5. The van der Waals surface area contributed by atoms with Crippen molar-refractivity contribution in [1.82, 2.24) is 0 Å². The molecule has 0 fully saturated rings. The summed E-state index contributed by atoms with van der Waals surface area (Å²) in [6.45, 7) is 0.483. The second-order valence-electron chi connectivity index (χ2n) is 4.07. The highest BCUT2D eigenvalue weighted by molar-refractivity contribution is 5.83. The van der Waals surface area contributed by atoms with Gasteiger partial charge >= 0.3 is 0 Å². The number of carbonyl (C=O) groups excluding carboxylic acids is 1. The predicted octanol–water partition coefficient (Wildman–Crippen LogP) is 1.96. The van der Waals surface area contributed by atoms with Gasteiger partial charge in [-0.2, -0.15) is 0 Å². The van der Waals surface area contributed by atoms with Crippen molar-refractivity contribution in [2.75, 3.05) is 20.3 Å². The summed E-state index contributed by atoms with van der Waals surface area (Å²) in [6.07, 6.45) is 2.61. The zero-order valence-corrected chi connectivity index (χ0v) is 11.2. The van der Waals surface area contributed by atoms with Gasteiger partial charge in [-0.25, -0.2) is 0 Å². The fourth-order valence-corrected chi connectivity index (χ4v) is 1.66. The first kappa shape index (κ1) is 15.9. The number of nitro benzene ring substituents is 1. The van der Waals surface area contributed by atoms with Crippen LogP contribution in [0.4, 0.5) is 5.69 Å². The van der Waals surface area contributed by atoms with Crippen molar-refractivity contribution < 1.29 is 24.3 Å². The van der Waals surface area contributed by atoms with Crippen LogP contribution in [0.5, 0.6) is 11.5 Å². The number of methoxy groups -OCH3 is 1. The maximum atomic E-state index is 10.9. The molecule has 20 heavy (non-hydrogen) atoms. The number of ether oxygens (including phenoxy) is 2. The lowest BCUT2D eigenvalue weighted by molar-refractivity contribution is -0.385. The van der Waals surface area contributed by atoms with Gasteiger partial charge in [0.2, 0.25) is 0 Å². The SMILES string of the molecule is COc1cc(C=O)c([N+](=O)[O-])cc1OCCCCCO. The van der Waals surface area contributed by atoms with Crippen molar-refractivity contribution in [1.29, 1.82) is 0 Å². The quantitative estimate of drug-likeness (QED) is 0.322. The molecule has 0 atom stereocenters. The number of hydrogen-bond acceptors (Lipinski definition) is 6. The number of carbonyl (C=O) groups is 1. The third-order valence-corrected chi connectivity index (χ3v) is 2.70. The summed E-state index contributed by atoms with van der Waals surface area (Å²) >= 11 is 0. The lowest BCUT2D eigenvalue weighted by Crippen LogP contribution is -2.02. The highest BCUT2D eigenvalue weighted by Crippen LogP contribution is 2.34. The number of nitro groups is 1. The van der Waals surface area contributed by atoms with Crippen LogP contribution in [0.15, 0.2) is 12.1 Å². The average molecular weight is 283 g/mol. The highest BCUT2D eigenvalue weighted by Gasteiger charge is 2.19. The number of aliphatic hydroxyl groups is 1. The van der Waals surface area contributed by atoms with Crippen LogP contribution in [0.2, 0.25) is 0 Å². The molecule has 0 aliphatic carbocycles. The number of nitrogens with zero attached hydrogens (tertiary/aromatic N) is 1. The fourth-order valence-electron chi connectivity index (χ4n) is 1.66. The summed E-state index contributed by atoms with van der Waals surface area (Å²) in [5.74, 6) is 0.508. The molecule has 110 valence electrons. The topological polar surface area (TPSA) is 98.9 Å². The van der Waals surface area contributed by atoms with E-state index in [1.807, 2.05) is 0 Å². The van der Waals surface area contributed by atoms with Gasteiger partial charge in [0.25, 0.3) is 5.69 Å². The van der Waals surface area contributed by atoms with E-state index >= 15 is 0 Å². The van der Waals surface area contributed by atoms with Crippen LogP contribution in [0.3, 0.4) is 0 Å². The number of hydrogen-bond donors (Lipinski definition) is 1. The maximum absolute atomic E-state index is 10.9. The molecule has 0 saturated carbocycles. The van der Waals surface area contributed by atoms with E-state index < -0.39 is 4.92 Å². The molecular weight excluding hydrogens is 266 g/mol. The standard InChI is InChI=1S/C13H17NO6/c1-19-12-7-10(9-16)11(14(17)18)8-13(12)20-6-4-2-3-5-15/h7-9,15H,2-6H2,1H3. The Labute approximate surface area is 116 Å². The van der Waals surface area contributed by atoms with Gasteiger partial charge in [0, 0.05) is 12.7 Å². The molecule has 0 aromatic heterocycles. The molecule has 0 saturated heterocycles. The zero-order valence-electron chi connectivity index (χ0n) is 11.2. The van der Waals surface area contributed by atoms with Gasteiger partial charge in [-0.05, 0) is 19.3 Å². The van der Waals surface area contributed by atoms with E-state index in [4.69, 9.17) is 14.6 Å². The van der Waals surface area contributed by atoms with Crippen molar-refractivity contribution in [3.05, 3.63) is 27.8 Å². The number of benzene rings is 1.